The maximum absolute atomic E-state index is 12.8. The predicted molar refractivity (Wildman–Crippen MR) is 168 cm³/mol. The molecule has 0 spiro atoms. The molecule has 1 aliphatic carbocycles. The van der Waals surface area contributed by atoms with Crippen LogP contribution in [0.25, 0.3) is 0 Å². The largest absolute Gasteiger partial charge is 0.493 e. The molecular weight excluding hydrogens is 582 g/mol. The zero-order chi connectivity index (χ0) is 31.9. The van der Waals surface area contributed by atoms with Gasteiger partial charge >= 0.3 is 0 Å². The Hall–Kier alpha value is -3.90. The number of carbonyl (C=O) groups excluding carboxylic acids is 2. The summed E-state index contributed by atoms with van der Waals surface area (Å²) in [6, 6.07) is 14.5. The van der Waals surface area contributed by atoms with Crippen LogP contribution in [0, 0.1) is 0 Å². The lowest BCUT2D eigenvalue weighted by atomic mass is 10.1. The average molecular weight is 626 g/mol. The van der Waals surface area contributed by atoms with Crippen molar-refractivity contribution in [2.24, 2.45) is 7.05 Å². The zero-order valence-corrected chi connectivity index (χ0v) is 26.9. The lowest BCUT2D eigenvalue weighted by Gasteiger charge is -2.30. The third-order valence-electron chi connectivity index (χ3n) is 7.70. The molecule has 2 fully saturated rings. The number of benzene rings is 2. The fourth-order valence-corrected chi connectivity index (χ4v) is 5.98. The molecule has 2 N–H and O–H groups in total. The first-order valence-corrected chi connectivity index (χ1v) is 16.9. The Morgan fingerprint density at radius 1 is 1.00 bits per heavy atom. The molecule has 1 saturated carbocycles. The molecular formula is C32H43N5O6S. The summed E-state index contributed by atoms with van der Waals surface area (Å²) < 4.78 is 38.2. The topological polar surface area (TPSA) is 132 Å². The fraction of sp³-hybridized carbons (Fsp3) is 0.469. The van der Waals surface area contributed by atoms with E-state index >= 15 is 0 Å². The van der Waals surface area contributed by atoms with Crippen molar-refractivity contribution in [2.75, 3.05) is 26.5 Å². The van der Waals surface area contributed by atoms with Crippen LogP contribution in [0.4, 0.5) is 0 Å². The monoisotopic (exact) mass is 625 g/mol. The van der Waals surface area contributed by atoms with Gasteiger partial charge < -0.3 is 20.1 Å². The van der Waals surface area contributed by atoms with E-state index in [4.69, 9.17) is 9.47 Å². The van der Waals surface area contributed by atoms with Crippen molar-refractivity contribution in [3.8, 4) is 11.5 Å². The van der Waals surface area contributed by atoms with Crippen molar-refractivity contribution in [2.45, 2.75) is 64.6 Å². The highest BCUT2D eigenvalue weighted by Gasteiger charge is 2.28. The SMILES string of the molecule is CC.COc1c(CNC(=O)c2cc(C3CC3)nn2C)cccc1OCc1ccc(C(=O)NC2CCN(S(C)(=O)=O)CC2)cc1. The number of para-hydroxylation sites is 1. The summed E-state index contributed by atoms with van der Waals surface area (Å²) in [6.07, 6.45) is 4.62. The molecule has 0 atom stereocenters. The minimum atomic E-state index is -3.20. The molecule has 5 rings (SSSR count). The van der Waals surface area contributed by atoms with Crippen molar-refractivity contribution in [3.63, 3.8) is 0 Å². The molecule has 2 heterocycles. The van der Waals surface area contributed by atoms with E-state index in [1.54, 1.807) is 31.0 Å². The van der Waals surface area contributed by atoms with E-state index in [-0.39, 0.29) is 31.0 Å². The van der Waals surface area contributed by atoms with Gasteiger partial charge in [-0.2, -0.15) is 5.10 Å². The molecule has 2 amide bonds. The third-order valence-corrected chi connectivity index (χ3v) is 9.00. The molecule has 3 aromatic rings. The average Bonchev–Trinajstić information content (AvgIpc) is 3.80. The molecule has 0 bridgehead atoms. The van der Waals surface area contributed by atoms with E-state index < -0.39 is 10.0 Å². The van der Waals surface area contributed by atoms with E-state index in [0.29, 0.717) is 54.6 Å². The van der Waals surface area contributed by atoms with Crippen LogP contribution in [0.3, 0.4) is 0 Å². The highest BCUT2D eigenvalue weighted by atomic mass is 32.2. The summed E-state index contributed by atoms with van der Waals surface area (Å²) in [5, 5.41) is 10.4. The van der Waals surface area contributed by atoms with Crippen LogP contribution in [-0.2, 0) is 30.2 Å². The fourth-order valence-electron chi connectivity index (χ4n) is 5.11. The van der Waals surface area contributed by atoms with Gasteiger partial charge in [0.05, 0.1) is 19.1 Å². The Kier molecular flexibility index (Phi) is 11.0. The van der Waals surface area contributed by atoms with Gasteiger partial charge in [0.1, 0.15) is 12.3 Å². The Labute approximate surface area is 260 Å². The van der Waals surface area contributed by atoms with E-state index in [2.05, 4.69) is 15.7 Å². The minimum Gasteiger partial charge on any atom is -0.493 e. The number of nitrogens with zero attached hydrogens (tertiary/aromatic N) is 3. The maximum Gasteiger partial charge on any atom is 0.269 e. The Morgan fingerprint density at radius 2 is 1.68 bits per heavy atom. The van der Waals surface area contributed by atoms with Gasteiger partial charge in [-0.1, -0.05) is 38.1 Å². The summed E-state index contributed by atoms with van der Waals surface area (Å²) in [6.45, 7) is 5.34. The molecule has 238 valence electrons. The summed E-state index contributed by atoms with van der Waals surface area (Å²) in [7, 11) is 0.139. The first-order chi connectivity index (χ1) is 21.1. The van der Waals surface area contributed by atoms with Crippen molar-refractivity contribution >= 4 is 21.8 Å². The van der Waals surface area contributed by atoms with Gasteiger partial charge in [0.2, 0.25) is 10.0 Å². The molecule has 1 saturated heterocycles. The Bertz CT molecular complexity index is 1540. The zero-order valence-electron chi connectivity index (χ0n) is 26.1. The molecule has 1 aromatic heterocycles. The van der Waals surface area contributed by atoms with Crippen LogP contribution in [0.5, 0.6) is 11.5 Å². The van der Waals surface area contributed by atoms with Gasteiger partial charge in [-0.25, -0.2) is 12.7 Å². The summed E-state index contributed by atoms with van der Waals surface area (Å²) in [5.74, 6) is 1.17. The number of hydrogen-bond acceptors (Lipinski definition) is 7. The lowest BCUT2D eigenvalue weighted by Crippen LogP contribution is -2.46. The van der Waals surface area contributed by atoms with Crippen LogP contribution in [0.15, 0.2) is 48.5 Å². The van der Waals surface area contributed by atoms with Gasteiger partial charge in [0, 0.05) is 49.8 Å². The van der Waals surface area contributed by atoms with Gasteiger partial charge in [-0.05, 0) is 55.5 Å². The molecule has 11 nitrogen and oxygen atoms in total. The summed E-state index contributed by atoms with van der Waals surface area (Å²) >= 11 is 0. The van der Waals surface area contributed by atoms with Gasteiger partial charge in [-0.15, -0.1) is 0 Å². The number of methoxy groups -OCH3 is 1. The highest BCUT2D eigenvalue weighted by Crippen LogP contribution is 2.39. The van der Waals surface area contributed by atoms with E-state index in [9.17, 15) is 18.0 Å². The number of amides is 2. The van der Waals surface area contributed by atoms with Crippen LogP contribution < -0.4 is 20.1 Å². The van der Waals surface area contributed by atoms with Crippen molar-refractivity contribution in [1.82, 2.24) is 24.7 Å². The van der Waals surface area contributed by atoms with Crippen LogP contribution in [0.2, 0.25) is 0 Å². The molecule has 12 heteroatoms. The summed E-state index contributed by atoms with van der Waals surface area (Å²) in [4.78, 5) is 25.6. The molecule has 0 radical (unpaired) electrons. The lowest BCUT2D eigenvalue weighted by molar-refractivity contribution is 0.0920. The second kappa shape index (κ2) is 14.7. The molecule has 44 heavy (non-hydrogen) atoms. The van der Waals surface area contributed by atoms with Crippen molar-refractivity contribution < 1.29 is 27.5 Å². The number of hydrogen-bond donors (Lipinski definition) is 2. The van der Waals surface area contributed by atoms with Crippen LogP contribution in [0.1, 0.15) is 83.1 Å². The summed E-state index contributed by atoms with van der Waals surface area (Å²) in [5.41, 5.74) is 3.67. The molecule has 1 aliphatic heterocycles. The predicted octanol–water partition coefficient (Wildman–Crippen LogP) is 4.00. The van der Waals surface area contributed by atoms with Gasteiger partial charge in [0.15, 0.2) is 11.5 Å². The number of aromatic nitrogens is 2. The number of nitrogens with one attached hydrogen (secondary N) is 2. The number of sulfonamides is 1. The standard InChI is InChI=1S/C30H37N5O6S.C2H6/c1-34-26(17-25(33-34)21-11-12-21)30(37)31-18-23-5-4-6-27(28(23)40-2)41-19-20-7-9-22(10-8-20)29(36)32-24-13-15-35(16-14-24)42(3,38)39;1-2/h4-10,17,21,24H,11-16,18-19H2,1-3H3,(H,31,37)(H,32,36);1-2H3. The first kappa shape index (κ1) is 33.0. The van der Waals surface area contributed by atoms with Crippen molar-refractivity contribution in [1.29, 1.82) is 0 Å². The normalized spacial score (nSPS) is 15.6. The Balaban J connectivity index is 0.00000216. The van der Waals surface area contributed by atoms with Crippen molar-refractivity contribution in [3.05, 3.63) is 76.6 Å². The number of ether oxygens (including phenoxy) is 2. The van der Waals surface area contributed by atoms with E-state index in [1.807, 2.05) is 50.2 Å². The number of carbonyl (C=O) groups is 2. The number of piperidine rings is 1. The number of aryl methyl sites for hydroxylation is 1. The smallest absolute Gasteiger partial charge is 0.269 e. The van der Waals surface area contributed by atoms with E-state index in [1.165, 1.54) is 10.6 Å². The minimum absolute atomic E-state index is 0.0626. The maximum atomic E-state index is 12.8. The highest BCUT2D eigenvalue weighted by molar-refractivity contribution is 7.88. The quantitative estimate of drug-likeness (QED) is 0.329. The third kappa shape index (κ3) is 8.38. The van der Waals surface area contributed by atoms with Crippen LogP contribution in [-0.4, -0.2) is 66.8 Å². The van der Waals surface area contributed by atoms with Crippen LogP contribution >= 0.6 is 0 Å². The van der Waals surface area contributed by atoms with Gasteiger partial charge in [0.25, 0.3) is 11.8 Å². The Morgan fingerprint density at radius 3 is 2.30 bits per heavy atom. The molecule has 2 aromatic carbocycles. The second-order valence-corrected chi connectivity index (χ2v) is 12.9. The molecule has 2 aliphatic rings. The van der Waals surface area contributed by atoms with E-state index in [0.717, 1.165) is 29.7 Å². The number of rotatable bonds is 11. The molecule has 0 unspecified atom stereocenters. The van der Waals surface area contributed by atoms with Gasteiger partial charge in [-0.3, -0.25) is 14.3 Å². The second-order valence-electron chi connectivity index (χ2n) is 10.9. The first-order valence-electron chi connectivity index (χ1n) is 15.1.